The zero-order chi connectivity index (χ0) is 18.5. The lowest BCUT2D eigenvalue weighted by Gasteiger charge is -2.15. The van der Waals surface area contributed by atoms with Gasteiger partial charge in [0.05, 0.1) is 23.6 Å². The fourth-order valence-corrected chi connectivity index (χ4v) is 2.89. The predicted molar refractivity (Wildman–Crippen MR) is 103 cm³/mol. The lowest BCUT2D eigenvalue weighted by atomic mass is 10.1. The third kappa shape index (κ3) is 3.93. The molecule has 0 amide bonds. The maximum Gasteiger partial charge on any atom is 0.191 e. The number of hydrogen-bond donors (Lipinski definition) is 2. The van der Waals surface area contributed by atoms with E-state index in [9.17, 15) is 0 Å². The minimum atomic E-state index is 0.652. The van der Waals surface area contributed by atoms with Gasteiger partial charge in [0.1, 0.15) is 0 Å². The smallest absolute Gasteiger partial charge is 0.191 e. The van der Waals surface area contributed by atoms with Gasteiger partial charge in [-0.15, -0.1) is 0 Å². The summed E-state index contributed by atoms with van der Waals surface area (Å²) in [5.74, 6) is 0.745. The number of guanidine groups is 1. The Balaban J connectivity index is 1.69. The van der Waals surface area contributed by atoms with Gasteiger partial charge in [0, 0.05) is 32.5 Å². The van der Waals surface area contributed by atoms with Crippen LogP contribution in [0.4, 0.5) is 0 Å². The summed E-state index contributed by atoms with van der Waals surface area (Å²) in [5.41, 5.74) is 5.46. The van der Waals surface area contributed by atoms with Gasteiger partial charge in [-0.2, -0.15) is 10.2 Å². The molecule has 0 saturated heterocycles. The molecule has 0 fully saturated rings. The first kappa shape index (κ1) is 17.7. The predicted octanol–water partition coefficient (Wildman–Crippen LogP) is 2.09. The third-order valence-electron chi connectivity index (χ3n) is 4.26. The van der Waals surface area contributed by atoms with Gasteiger partial charge in [-0.1, -0.05) is 18.2 Å². The number of nitrogens with zero attached hydrogens (tertiary/aromatic N) is 5. The number of hydrogen-bond acceptors (Lipinski definition) is 3. The molecule has 0 unspecified atom stereocenters. The van der Waals surface area contributed by atoms with Gasteiger partial charge < -0.3 is 10.6 Å². The van der Waals surface area contributed by atoms with Crippen LogP contribution in [-0.2, 0) is 20.1 Å². The Kier molecular flexibility index (Phi) is 5.36. The van der Waals surface area contributed by atoms with Crippen molar-refractivity contribution in [2.75, 3.05) is 7.05 Å². The van der Waals surface area contributed by atoms with Crippen molar-refractivity contribution in [1.82, 2.24) is 30.2 Å². The first-order valence-electron chi connectivity index (χ1n) is 8.61. The molecule has 3 rings (SSSR count). The van der Waals surface area contributed by atoms with Gasteiger partial charge in [-0.25, -0.2) is 4.68 Å². The summed E-state index contributed by atoms with van der Waals surface area (Å²) in [6.07, 6.45) is 1.79. The minimum absolute atomic E-state index is 0.652. The van der Waals surface area contributed by atoms with Crippen LogP contribution in [-0.4, -0.2) is 32.6 Å². The number of aromatic nitrogens is 4. The molecule has 0 aliphatic heterocycles. The molecular weight excluding hydrogens is 326 g/mol. The van der Waals surface area contributed by atoms with Gasteiger partial charge in [0.25, 0.3) is 0 Å². The summed E-state index contributed by atoms with van der Waals surface area (Å²) in [4.78, 5) is 4.30. The van der Waals surface area contributed by atoms with Crippen LogP contribution in [0.5, 0.6) is 0 Å². The van der Waals surface area contributed by atoms with Crippen molar-refractivity contribution >= 4 is 5.96 Å². The highest BCUT2D eigenvalue weighted by atomic mass is 15.3. The van der Waals surface area contributed by atoms with Crippen LogP contribution in [0.15, 0.2) is 47.6 Å². The molecule has 2 N–H and O–H groups in total. The first-order chi connectivity index (χ1) is 12.6. The van der Waals surface area contributed by atoms with Crippen LogP contribution < -0.4 is 10.6 Å². The SMILES string of the molecule is CN=C(NCc1ccccc1-n1nc(C)cc1C)NCc1ccnn1C. The highest BCUT2D eigenvalue weighted by molar-refractivity contribution is 5.79. The molecule has 26 heavy (non-hydrogen) atoms. The molecule has 0 spiro atoms. The van der Waals surface area contributed by atoms with Crippen LogP contribution in [0, 0.1) is 13.8 Å². The van der Waals surface area contributed by atoms with Crippen LogP contribution in [0.1, 0.15) is 22.6 Å². The second-order valence-electron chi connectivity index (χ2n) is 6.19. The fourth-order valence-electron chi connectivity index (χ4n) is 2.89. The summed E-state index contributed by atoms with van der Waals surface area (Å²) in [5, 5.41) is 15.5. The van der Waals surface area contributed by atoms with Crippen molar-refractivity contribution in [2.45, 2.75) is 26.9 Å². The Labute approximate surface area is 153 Å². The highest BCUT2D eigenvalue weighted by Crippen LogP contribution is 2.16. The Hall–Kier alpha value is -3.09. The molecular formula is C19H25N7. The van der Waals surface area contributed by atoms with E-state index in [1.165, 1.54) is 0 Å². The highest BCUT2D eigenvalue weighted by Gasteiger charge is 2.09. The summed E-state index contributed by atoms with van der Waals surface area (Å²) < 4.78 is 3.83. The van der Waals surface area contributed by atoms with Crippen LogP contribution in [0.25, 0.3) is 5.69 Å². The fraction of sp³-hybridized carbons (Fsp3) is 0.316. The topological polar surface area (TPSA) is 72.1 Å². The molecule has 136 valence electrons. The molecule has 0 radical (unpaired) electrons. The number of nitrogens with one attached hydrogen (secondary N) is 2. The van der Waals surface area contributed by atoms with Gasteiger partial charge in [0.2, 0.25) is 0 Å². The molecule has 0 bridgehead atoms. The van der Waals surface area contributed by atoms with Crippen molar-refractivity contribution in [3.05, 3.63) is 65.2 Å². The molecule has 0 saturated carbocycles. The number of rotatable bonds is 5. The maximum absolute atomic E-state index is 4.60. The largest absolute Gasteiger partial charge is 0.352 e. The van der Waals surface area contributed by atoms with E-state index in [1.54, 1.807) is 13.2 Å². The average Bonchev–Trinajstić information content (AvgIpc) is 3.20. The zero-order valence-corrected chi connectivity index (χ0v) is 15.7. The molecule has 7 heteroatoms. The minimum Gasteiger partial charge on any atom is -0.352 e. The van der Waals surface area contributed by atoms with E-state index in [1.807, 2.05) is 41.5 Å². The third-order valence-corrected chi connectivity index (χ3v) is 4.26. The number of benzene rings is 1. The van der Waals surface area contributed by atoms with Gasteiger partial charge in [-0.05, 0) is 37.6 Å². The van der Waals surface area contributed by atoms with E-state index in [0.717, 1.165) is 34.3 Å². The average molecular weight is 351 g/mol. The normalized spacial score (nSPS) is 11.6. The quantitative estimate of drug-likeness (QED) is 0.545. The van der Waals surface area contributed by atoms with Crippen LogP contribution >= 0.6 is 0 Å². The van der Waals surface area contributed by atoms with Gasteiger partial charge in [0.15, 0.2) is 5.96 Å². The van der Waals surface area contributed by atoms with Crippen molar-refractivity contribution in [2.24, 2.45) is 12.0 Å². The van der Waals surface area contributed by atoms with E-state index in [4.69, 9.17) is 0 Å². The van der Waals surface area contributed by atoms with Crippen molar-refractivity contribution in [3.8, 4) is 5.69 Å². The van der Waals surface area contributed by atoms with E-state index >= 15 is 0 Å². The second-order valence-corrected chi connectivity index (χ2v) is 6.19. The summed E-state index contributed by atoms with van der Waals surface area (Å²) in [6, 6.07) is 12.3. The number of aryl methyl sites for hydroxylation is 3. The lowest BCUT2D eigenvalue weighted by molar-refractivity contribution is 0.684. The molecule has 0 aliphatic carbocycles. The van der Waals surface area contributed by atoms with Crippen LogP contribution in [0.2, 0.25) is 0 Å². The maximum atomic E-state index is 4.60. The Morgan fingerprint density at radius 3 is 2.54 bits per heavy atom. The molecule has 0 atom stereocenters. The van der Waals surface area contributed by atoms with E-state index < -0.39 is 0 Å². The van der Waals surface area contributed by atoms with Crippen molar-refractivity contribution < 1.29 is 0 Å². The summed E-state index contributed by atoms with van der Waals surface area (Å²) in [6.45, 7) is 5.39. The first-order valence-corrected chi connectivity index (χ1v) is 8.61. The van der Waals surface area contributed by atoms with Crippen LogP contribution in [0.3, 0.4) is 0 Å². The van der Waals surface area contributed by atoms with E-state index in [-0.39, 0.29) is 0 Å². The molecule has 2 heterocycles. The van der Waals surface area contributed by atoms with Crippen molar-refractivity contribution in [1.29, 1.82) is 0 Å². The summed E-state index contributed by atoms with van der Waals surface area (Å²) >= 11 is 0. The molecule has 0 aliphatic rings. The van der Waals surface area contributed by atoms with E-state index in [2.05, 4.69) is 50.9 Å². The Morgan fingerprint density at radius 1 is 1.12 bits per heavy atom. The Bertz CT molecular complexity index is 904. The van der Waals surface area contributed by atoms with Gasteiger partial charge in [-0.3, -0.25) is 9.67 Å². The molecule has 7 nitrogen and oxygen atoms in total. The lowest BCUT2D eigenvalue weighted by Crippen LogP contribution is -2.37. The number of aliphatic imine (C=N–C) groups is 1. The molecule has 2 aromatic heterocycles. The van der Waals surface area contributed by atoms with E-state index in [0.29, 0.717) is 13.1 Å². The Morgan fingerprint density at radius 2 is 1.88 bits per heavy atom. The summed E-state index contributed by atoms with van der Waals surface area (Å²) in [7, 11) is 3.70. The van der Waals surface area contributed by atoms with Gasteiger partial charge >= 0.3 is 0 Å². The second kappa shape index (κ2) is 7.86. The van der Waals surface area contributed by atoms with Crippen molar-refractivity contribution in [3.63, 3.8) is 0 Å². The molecule has 1 aromatic carbocycles. The molecule has 3 aromatic rings. The number of para-hydroxylation sites is 1. The standard InChI is InChI=1S/C19H25N7/c1-14-11-15(2)26(24-14)18-8-6-5-7-16(18)12-21-19(20-3)22-13-17-9-10-23-25(17)4/h5-11H,12-13H2,1-4H3,(H2,20,21,22). The zero-order valence-electron chi connectivity index (χ0n) is 15.7. The monoisotopic (exact) mass is 351 g/mol.